The van der Waals surface area contributed by atoms with Crippen LogP contribution in [-0.4, -0.2) is 82.2 Å². The van der Waals surface area contributed by atoms with Gasteiger partial charge in [-0.1, -0.05) is 30.3 Å². The average Bonchev–Trinajstić information content (AvgIpc) is 3.33. The summed E-state index contributed by atoms with van der Waals surface area (Å²) in [4.78, 5) is 40.0. The van der Waals surface area contributed by atoms with E-state index in [0.29, 0.717) is 38.8 Å². The predicted octanol–water partition coefficient (Wildman–Crippen LogP) is 2.18. The number of nitrogens with one attached hydrogen (secondary N) is 1. The maximum absolute atomic E-state index is 13.0. The standard InChI is InChI=1S/C17H20F2N4O3.C5H9NO3/c1-3-12(21-15(25)11(20)9-17(2,18)19)13(24)14-22-16(26-23-14)10-7-5-4-6-8-10;7-5(8)6-1-3-9-4-2-6/h4-8,11-12H,3,9,20H2,1-2H3,(H,21,25);1-4H2,(H,7,8)/t11-,12-;/m0./s1. The fourth-order valence-electron chi connectivity index (χ4n) is 3.04. The Balaban J connectivity index is 0.000000402. The molecule has 13 heteroatoms. The van der Waals surface area contributed by atoms with Crippen molar-refractivity contribution >= 4 is 17.8 Å². The van der Waals surface area contributed by atoms with Crippen molar-refractivity contribution in [3.05, 3.63) is 36.2 Å². The molecule has 11 nitrogen and oxygen atoms in total. The highest BCUT2D eigenvalue weighted by atomic mass is 19.3. The number of nitrogens with two attached hydrogens (primary N) is 1. The van der Waals surface area contributed by atoms with Crippen LogP contribution in [-0.2, 0) is 9.53 Å². The molecule has 1 aromatic heterocycles. The van der Waals surface area contributed by atoms with E-state index in [1.54, 1.807) is 31.2 Å². The number of amides is 2. The minimum atomic E-state index is -3.08. The Bertz CT molecular complexity index is 976. The van der Waals surface area contributed by atoms with Gasteiger partial charge in [0.2, 0.25) is 23.4 Å². The molecule has 0 aliphatic carbocycles. The van der Waals surface area contributed by atoms with Gasteiger partial charge in [-0.2, -0.15) is 4.98 Å². The third kappa shape index (κ3) is 9.02. The van der Waals surface area contributed by atoms with Crippen molar-refractivity contribution in [2.75, 3.05) is 26.3 Å². The number of nitrogens with zero attached hydrogens (tertiary/aromatic N) is 3. The second kappa shape index (κ2) is 12.9. The molecule has 2 atom stereocenters. The number of ether oxygens (including phenoxy) is 1. The number of aromatic nitrogens is 2. The lowest BCUT2D eigenvalue weighted by atomic mass is 10.1. The molecule has 1 fully saturated rings. The summed E-state index contributed by atoms with van der Waals surface area (Å²) in [5.74, 6) is -4.54. The maximum Gasteiger partial charge on any atom is 0.407 e. The van der Waals surface area contributed by atoms with E-state index >= 15 is 0 Å². The third-order valence-electron chi connectivity index (χ3n) is 4.91. The first-order valence-electron chi connectivity index (χ1n) is 10.9. The maximum atomic E-state index is 13.0. The smallest absolute Gasteiger partial charge is 0.407 e. The van der Waals surface area contributed by atoms with Crippen LogP contribution in [0.25, 0.3) is 11.5 Å². The molecule has 2 heterocycles. The Morgan fingerprint density at radius 3 is 2.37 bits per heavy atom. The Morgan fingerprint density at radius 2 is 1.86 bits per heavy atom. The van der Waals surface area contributed by atoms with Crippen LogP contribution >= 0.6 is 0 Å². The number of Topliss-reactive ketones (excluding diaryl/α,β-unsaturated/α-hetero) is 1. The number of halogens is 2. The number of carbonyl (C=O) groups is 3. The number of morpholine rings is 1. The third-order valence-corrected chi connectivity index (χ3v) is 4.91. The van der Waals surface area contributed by atoms with Crippen LogP contribution in [0.5, 0.6) is 0 Å². The van der Waals surface area contributed by atoms with Gasteiger partial charge in [0.05, 0.1) is 25.3 Å². The lowest BCUT2D eigenvalue weighted by Crippen LogP contribution is -2.49. The lowest BCUT2D eigenvalue weighted by molar-refractivity contribution is -0.125. The summed E-state index contributed by atoms with van der Waals surface area (Å²) in [5.41, 5.74) is 6.11. The minimum Gasteiger partial charge on any atom is -0.465 e. The van der Waals surface area contributed by atoms with Crippen LogP contribution in [0.15, 0.2) is 34.9 Å². The highest BCUT2D eigenvalue weighted by molar-refractivity contribution is 5.99. The molecule has 3 rings (SSSR count). The molecule has 1 saturated heterocycles. The molecular weight excluding hydrogens is 468 g/mol. The molecule has 0 saturated carbocycles. The summed E-state index contributed by atoms with van der Waals surface area (Å²) in [7, 11) is 0. The van der Waals surface area contributed by atoms with Crippen molar-refractivity contribution in [1.82, 2.24) is 20.4 Å². The fourth-order valence-corrected chi connectivity index (χ4v) is 3.04. The summed E-state index contributed by atoms with van der Waals surface area (Å²) in [6.45, 7) is 4.41. The van der Waals surface area contributed by atoms with E-state index in [2.05, 4.69) is 15.5 Å². The minimum absolute atomic E-state index is 0.164. The molecule has 0 radical (unpaired) electrons. The van der Waals surface area contributed by atoms with Crippen LogP contribution in [0.3, 0.4) is 0 Å². The summed E-state index contributed by atoms with van der Waals surface area (Å²) >= 11 is 0. The summed E-state index contributed by atoms with van der Waals surface area (Å²) in [6.07, 6.45) is -1.45. The van der Waals surface area contributed by atoms with E-state index in [1.807, 2.05) is 6.07 Å². The van der Waals surface area contributed by atoms with E-state index in [0.717, 1.165) is 0 Å². The molecule has 192 valence electrons. The Kier molecular flexibility index (Phi) is 10.2. The predicted molar refractivity (Wildman–Crippen MR) is 120 cm³/mol. The van der Waals surface area contributed by atoms with Crippen molar-refractivity contribution in [2.24, 2.45) is 5.73 Å². The first-order valence-corrected chi connectivity index (χ1v) is 10.9. The highest BCUT2D eigenvalue weighted by Gasteiger charge is 2.31. The van der Waals surface area contributed by atoms with E-state index in [-0.39, 0.29) is 18.1 Å². The Morgan fingerprint density at radius 1 is 1.23 bits per heavy atom. The Labute approximate surface area is 200 Å². The molecule has 4 N–H and O–H groups in total. The van der Waals surface area contributed by atoms with Gasteiger partial charge >= 0.3 is 6.09 Å². The van der Waals surface area contributed by atoms with Gasteiger partial charge in [0, 0.05) is 25.1 Å². The van der Waals surface area contributed by atoms with Crippen LogP contribution in [0.1, 0.15) is 37.3 Å². The van der Waals surface area contributed by atoms with Gasteiger partial charge in [0.1, 0.15) is 0 Å². The molecule has 1 aliphatic rings. The zero-order valence-corrected chi connectivity index (χ0v) is 19.4. The SMILES string of the molecule is CC[C@H](NC(=O)[C@@H](N)CC(C)(F)F)C(=O)c1noc(-c2ccccc2)n1.O=C(O)N1CCOCC1. The number of hydrogen-bond donors (Lipinski definition) is 3. The van der Waals surface area contributed by atoms with Gasteiger partial charge < -0.3 is 30.3 Å². The average molecular weight is 497 g/mol. The summed E-state index contributed by atoms with van der Waals surface area (Å²) in [5, 5.41) is 14.4. The molecular formula is C22H29F2N5O6. The monoisotopic (exact) mass is 497 g/mol. The van der Waals surface area contributed by atoms with Gasteiger partial charge in [-0.05, 0) is 25.5 Å². The van der Waals surface area contributed by atoms with Gasteiger partial charge in [0.25, 0.3) is 5.89 Å². The van der Waals surface area contributed by atoms with E-state index in [4.69, 9.17) is 20.1 Å². The number of hydrogen-bond acceptors (Lipinski definition) is 8. The lowest BCUT2D eigenvalue weighted by Gasteiger charge is -2.23. The van der Waals surface area contributed by atoms with Crippen molar-refractivity contribution in [3.63, 3.8) is 0 Å². The number of carbonyl (C=O) groups excluding carboxylic acids is 2. The molecule has 1 aliphatic heterocycles. The van der Waals surface area contributed by atoms with E-state index in [9.17, 15) is 23.2 Å². The molecule has 0 unspecified atom stereocenters. The number of alkyl halides is 2. The number of rotatable bonds is 8. The van der Waals surface area contributed by atoms with Crippen LogP contribution < -0.4 is 11.1 Å². The van der Waals surface area contributed by atoms with Crippen molar-refractivity contribution in [1.29, 1.82) is 0 Å². The van der Waals surface area contributed by atoms with Gasteiger partial charge in [-0.3, -0.25) is 9.59 Å². The summed E-state index contributed by atoms with van der Waals surface area (Å²) < 4.78 is 36.0. The van der Waals surface area contributed by atoms with Gasteiger partial charge in [-0.25, -0.2) is 13.6 Å². The largest absolute Gasteiger partial charge is 0.465 e. The molecule has 2 aromatic rings. The quantitative estimate of drug-likeness (QED) is 0.464. The zero-order chi connectivity index (χ0) is 26.0. The highest BCUT2D eigenvalue weighted by Crippen LogP contribution is 2.19. The first-order chi connectivity index (χ1) is 16.5. The van der Waals surface area contributed by atoms with Crippen LogP contribution in [0, 0.1) is 0 Å². The number of benzene rings is 1. The van der Waals surface area contributed by atoms with Crippen LogP contribution in [0.4, 0.5) is 13.6 Å². The van der Waals surface area contributed by atoms with Gasteiger partial charge in [0.15, 0.2) is 0 Å². The molecule has 35 heavy (non-hydrogen) atoms. The van der Waals surface area contributed by atoms with Gasteiger partial charge in [-0.15, -0.1) is 0 Å². The molecule has 2 amide bonds. The molecule has 1 aromatic carbocycles. The molecule has 0 spiro atoms. The van der Waals surface area contributed by atoms with E-state index in [1.165, 1.54) is 4.90 Å². The Hall–Kier alpha value is -3.45. The fraction of sp³-hybridized carbons (Fsp3) is 0.500. The number of carboxylic acid groups (broad SMARTS) is 1. The van der Waals surface area contributed by atoms with Crippen molar-refractivity contribution in [3.8, 4) is 11.5 Å². The van der Waals surface area contributed by atoms with Crippen molar-refractivity contribution in [2.45, 2.75) is 44.7 Å². The summed E-state index contributed by atoms with van der Waals surface area (Å²) in [6, 6.07) is 6.44. The van der Waals surface area contributed by atoms with E-state index < -0.39 is 42.2 Å². The zero-order valence-electron chi connectivity index (χ0n) is 19.4. The van der Waals surface area contributed by atoms with Crippen molar-refractivity contribution < 1.29 is 37.5 Å². The first kappa shape index (κ1) is 27.8. The number of ketones is 1. The second-order valence-electron chi connectivity index (χ2n) is 7.89. The normalized spacial score (nSPS) is 15.4. The topological polar surface area (TPSA) is 161 Å². The second-order valence-corrected chi connectivity index (χ2v) is 7.89. The van der Waals surface area contributed by atoms with Crippen LogP contribution in [0.2, 0.25) is 0 Å². The molecule has 0 bridgehead atoms.